The molecule has 0 bridgehead atoms. The average molecular weight is 357 g/mol. The maximum absolute atomic E-state index is 12.6. The van der Waals surface area contributed by atoms with E-state index in [2.05, 4.69) is 15.3 Å². The lowest BCUT2D eigenvalue weighted by molar-refractivity contribution is -0.115. The normalized spacial score (nSPS) is 14.2. The first-order valence-corrected chi connectivity index (χ1v) is 9.52. The number of anilines is 1. The van der Waals surface area contributed by atoms with Gasteiger partial charge < -0.3 is 10.3 Å². The van der Waals surface area contributed by atoms with Gasteiger partial charge in [-0.3, -0.25) is 9.59 Å². The number of H-pyrrole nitrogens is 1. The van der Waals surface area contributed by atoms with Crippen molar-refractivity contribution in [1.29, 1.82) is 0 Å². The van der Waals surface area contributed by atoms with Crippen LogP contribution in [0.4, 0.5) is 5.69 Å². The predicted octanol–water partition coefficient (Wildman–Crippen LogP) is 3.38. The number of benzene rings is 1. The molecular weight excluding hydrogens is 334 g/mol. The first kappa shape index (κ1) is 17.7. The van der Waals surface area contributed by atoms with Crippen LogP contribution in [0, 0.1) is 13.8 Å². The Bertz CT molecular complexity index is 860. The minimum atomic E-state index is -0.302. The number of nitrogens with zero attached hydrogens (tertiary/aromatic N) is 1. The number of thioether (sulfide) groups is 1. The van der Waals surface area contributed by atoms with Crippen LogP contribution in [0.2, 0.25) is 0 Å². The monoisotopic (exact) mass is 357 g/mol. The van der Waals surface area contributed by atoms with E-state index in [1.54, 1.807) is 0 Å². The Morgan fingerprint density at radius 2 is 2.12 bits per heavy atom. The number of hydrogen-bond donors (Lipinski definition) is 2. The molecule has 3 rings (SSSR count). The third-order valence-corrected chi connectivity index (χ3v) is 5.86. The zero-order valence-corrected chi connectivity index (χ0v) is 15.6. The van der Waals surface area contributed by atoms with Crippen molar-refractivity contribution in [2.24, 2.45) is 0 Å². The molecule has 1 atom stereocenters. The fourth-order valence-corrected chi connectivity index (χ4v) is 3.89. The van der Waals surface area contributed by atoms with Crippen molar-refractivity contribution in [2.75, 3.05) is 5.32 Å². The van der Waals surface area contributed by atoms with Gasteiger partial charge in [-0.05, 0) is 62.8 Å². The number of aromatic nitrogens is 2. The van der Waals surface area contributed by atoms with Crippen molar-refractivity contribution in [3.05, 3.63) is 50.9 Å². The van der Waals surface area contributed by atoms with Crippen LogP contribution in [-0.2, 0) is 17.6 Å². The van der Waals surface area contributed by atoms with Gasteiger partial charge >= 0.3 is 0 Å². The summed E-state index contributed by atoms with van der Waals surface area (Å²) in [7, 11) is 0. The second kappa shape index (κ2) is 7.44. The number of carbonyl (C=O) groups excluding carboxylic acids is 1. The summed E-state index contributed by atoms with van der Waals surface area (Å²) >= 11 is 1.32. The molecule has 0 aliphatic heterocycles. The van der Waals surface area contributed by atoms with Gasteiger partial charge in [-0.15, -0.1) is 0 Å². The number of hydrogen-bond acceptors (Lipinski definition) is 4. The van der Waals surface area contributed by atoms with Crippen molar-refractivity contribution in [3.8, 4) is 0 Å². The maximum Gasteiger partial charge on any atom is 0.254 e. The lowest BCUT2D eigenvalue weighted by atomic mass is 10.1. The number of aryl methyl sites for hydroxylation is 3. The lowest BCUT2D eigenvalue weighted by Gasteiger charge is -2.15. The third-order valence-electron chi connectivity index (χ3n) is 4.61. The van der Waals surface area contributed by atoms with Crippen molar-refractivity contribution >= 4 is 23.4 Å². The molecule has 0 saturated carbocycles. The first-order valence-electron chi connectivity index (χ1n) is 8.64. The summed E-state index contributed by atoms with van der Waals surface area (Å²) in [5.74, 6) is -0.0705. The number of rotatable bonds is 5. The summed E-state index contributed by atoms with van der Waals surface area (Å²) < 4.78 is 0. The molecule has 1 unspecified atom stereocenters. The van der Waals surface area contributed by atoms with E-state index in [1.165, 1.54) is 17.3 Å². The van der Waals surface area contributed by atoms with Gasteiger partial charge in [0.2, 0.25) is 5.91 Å². The van der Waals surface area contributed by atoms with Crippen molar-refractivity contribution in [3.63, 3.8) is 0 Å². The Morgan fingerprint density at radius 1 is 1.32 bits per heavy atom. The SMILES string of the molecule is CCC(Sc1nc2c(c(=O)[nH]1)CCC2)C(=O)Nc1ccc(C)c(C)c1. The highest BCUT2D eigenvalue weighted by atomic mass is 32.2. The van der Waals surface area contributed by atoms with E-state index in [4.69, 9.17) is 0 Å². The topological polar surface area (TPSA) is 74.8 Å². The number of nitrogens with one attached hydrogen (secondary N) is 2. The third kappa shape index (κ3) is 3.95. The van der Waals surface area contributed by atoms with Gasteiger partial charge in [0, 0.05) is 11.3 Å². The second-order valence-electron chi connectivity index (χ2n) is 6.45. The average Bonchev–Trinajstić information content (AvgIpc) is 3.05. The molecule has 1 amide bonds. The van der Waals surface area contributed by atoms with Gasteiger partial charge in [0.1, 0.15) is 0 Å². The molecule has 6 heteroatoms. The fourth-order valence-electron chi connectivity index (χ4n) is 2.97. The van der Waals surface area contributed by atoms with Crippen LogP contribution < -0.4 is 10.9 Å². The van der Waals surface area contributed by atoms with Crippen LogP contribution in [0.1, 0.15) is 42.1 Å². The minimum absolute atomic E-state index is 0.0607. The van der Waals surface area contributed by atoms with Crippen molar-refractivity contribution < 1.29 is 4.79 Å². The van der Waals surface area contributed by atoms with E-state index in [0.717, 1.165) is 41.8 Å². The van der Waals surface area contributed by atoms with Gasteiger partial charge in [-0.25, -0.2) is 4.98 Å². The molecule has 0 fully saturated rings. The smallest absolute Gasteiger partial charge is 0.254 e. The Balaban J connectivity index is 1.73. The molecule has 5 nitrogen and oxygen atoms in total. The van der Waals surface area contributed by atoms with Crippen LogP contribution in [0.25, 0.3) is 0 Å². The largest absolute Gasteiger partial charge is 0.325 e. The molecule has 0 saturated heterocycles. The van der Waals surface area contributed by atoms with E-state index >= 15 is 0 Å². The van der Waals surface area contributed by atoms with E-state index in [0.29, 0.717) is 11.6 Å². The summed E-state index contributed by atoms with van der Waals surface area (Å²) in [6.45, 7) is 6.03. The number of amides is 1. The molecule has 1 aliphatic carbocycles. The first-order chi connectivity index (χ1) is 12.0. The molecule has 25 heavy (non-hydrogen) atoms. The van der Waals surface area contributed by atoms with Crippen LogP contribution in [0.3, 0.4) is 0 Å². The summed E-state index contributed by atoms with van der Waals surface area (Å²) in [5.41, 5.74) is 4.76. The summed E-state index contributed by atoms with van der Waals surface area (Å²) in [4.78, 5) is 32.1. The zero-order chi connectivity index (χ0) is 18.0. The highest BCUT2D eigenvalue weighted by Gasteiger charge is 2.22. The lowest BCUT2D eigenvalue weighted by Crippen LogP contribution is -2.25. The number of carbonyl (C=O) groups is 1. The summed E-state index contributed by atoms with van der Waals surface area (Å²) in [6.07, 6.45) is 3.28. The molecule has 2 N–H and O–H groups in total. The molecule has 0 radical (unpaired) electrons. The number of aromatic amines is 1. The van der Waals surface area contributed by atoms with Crippen LogP contribution >= 0.6 is 11.8 Å². The molecule has 1 aliphatic rings. The second-order valence-corrected chi connectivity index (χ2v) is 7.64. The van der Waals surface area contributed by atoms with E-state index in [1.807, 2.05) is 39.0 Å². The Morgan fingerprint density at radius 3 is 2.84 bits per heavy atom. The van der Waals surface area contributed by atoms with Gasteiger partial charge in [-0.1, -0.05) is 24.8 Å². The van der Waals surface area contributed by atoms with Crippen LogP contribution in [0.5, 0.6) is 0 Å². The molecule has 1 aromatic carbocycles. The van der Waals surface area contributed by atoms with Crippen molar-refractivity contribution in [2.45, 2.75) is 56.9 Å². The van der Waals surface area contributed by atoms with Gasteiger partial charge in [0.15, 0.2) is 5.16 Å². The molecule has 0 spiro atoms. The van der Waals surface area contributed by atoms with E-state index in [9.17, 15) is 9.59 Å². The summed E-state index contributed by atoms with van der Waals surface area (Å²) in [6, 6.07) is 5.88. The highest BCUT2D eigenvalue weighted by molar-refractivity contribution is 8.00. The predicted molar refractivity (Wildman–Crippen MR) is 101 cm³/mol. The fraction of sp³-hybridized carbons (Fsp3) is 0.421. The van der Waals surface area contributed by atoms with Gasteiger partial charge in [0.25, 0.3) is 5.56 Å². The van der Waals surface area contributed by atoms with Crippen molar-refractivity contribution in [1.82, 2.24) is 9.97 Å². The molecule has 1 aromatic heterocycles. The standard InChI is InChI=1S/C19H23N3O2S/c1-4-16(18(24)20-13-9-8-11(2)12(3)10-13)25-19-21-15-7-5-6-14(15)17(23)22-19/h8-10,16H,4-7H2,1-3H3,(H,20,24)(H,21,22,23). The highest BCUT2D eigenvalue weighted by Crippen LogP contribution is 2.25. The van der Waals surface area contributed by atoms with Crippen LogP contribution in [-0.4, -0.2) is 21.1 Å². The molecule has 1 heterocycles. The van der Waals surface area contributed by atoms with E-state index < -0.39 is 0 Å². The molecule has 2 aromatic rings. The van der Waals surface area contributed by atoms with E-state index in [-0.39, 0.29) is 16.7 Å². The van der Waals surface area contributed by atoms with Gasteiger partial charge in [0.05, 0.1) is 10.9 Å². The van der Waals surface area contributed by atoms with Gasteiger partial charge in [-0.2, -0.15) is 0 Å². The molecular formula is C19H23N3O2S. The Kier molecular flexibility index (Phi) is 5.27. The Hall–Kier alpha value is -2.08. The van der Waals surface area contributed by atoms with Crippen LogP contribution in [0.15, 0.2) is 28.2 Å². The minimum Gasteiger partial charge on any atom is -0.325 e. The maximum atomic E-state index is 12.6. The quantitative estimate of drug-likeness (QED) is 0.635. The number of fused-ring (bicyclic) bond motifs is 1. The Labute approximate surface area is 151 Å². The molecule has 132 valence electrons. The summed E-state index contributed by atoms with van der Waals surface area (Å²) in [5, 5.41) is 3.20. The zero-order valence-electron chi connectivity index (χ0n) is 14.8.